The maximum Gasteiger partial charge on any atom is 0.270 e. The molecule has 8 nitrogen and oxygen atoms in total. The van der Waals surface area contributed by atoms with Crippen LogP contribution < -0.4 is 5.01 Å². The zero-order valence-corrected chi connectivity index (χ0v) is 19.0. The molecular formula is C24H18BrN5O3. The number of aromatic hydroxyl groups is 1. The fourth-order valence-electron chi connectivity index (χ4n) is 3.06. The Morgan fingerprint density at radius 3 is 2.24 bits per heavy atom. The van der Waals surface area contributed by atoms with Crippen LogP contribution in [0.1, 0.15) is 5.56 Å². The van der Waals surface area contributed by atoms with Crippen molar-refractivity contribution >= 4 is 33.8 Å². The number of nitro groups is 1. The number of aromatic nitrogens is 2. The molecule has 9 heteroatoms. The Morgan fingerprint density at radius 1 is 0.970 bits per heavy atom. The summed E-state index contributed by atoms with van der Waals surface area (Å²) in [5.41, 5.74) is 3.34. The van der Waals surface area contributed by atoms with Gasteiger partial charge in [-0.15, -0.1) is 0 Å². The normalized spacial score (nSPS) is 11.0. The van der Waals surface area contributed by atoms with Gasteiger partial charge in [0.05, 0.1) is 22.5 Å². The number of non-ortho nitro benzene ring substituents is 1. The van der Waals surface area contributed by atoms with E-state index in [9.17, 15) is 15.2 Å². The first-order valence-corrected chi connectivity index (χ1v) is 10.7. The molecule has 0 atom stereocenters. The first-order chi connectivity index (χ1) is 15.9. The zero-order chi connectivity index (χ0) is 23.4. The summed E-state index contributed by atoms with van der Waals surface area (Å²) in [6.45, 7) is 0. The van der Waals surface area contributed by atoms with Crippen molar-refractivity contribution in [1.82, 2.24) is 9.97 Å². The minimum Gasteiger partial charge on any atom is -0.507 e. The standard InChI is InChI=1S/C24H18BrN5O3/c1-29(26-15-18-13-20(30(32)33)11-12-23(18)31)24-27-21(16-5-3-2-4-6-16)14-22(28-24)17-7-9-19(25)10-8-17/h2-15,31H,1H3/b26-15-. The third-order valence-electron chi connectivity index (χ3n) is 4.81. The number of rotatable bonds is 6. The van der Waals surface area contributed by atoms with E-state index in [0.29, 0.717) is 11.6 Å². The number of hydrazone groups is 1. The summed E-state index contributed by atoms with van der Waals surface area (Å²) in [5, 5.41) is 26.8. The van der Waals surface area contributed by atoms with Gasteiger partial charge in [0.15, 0.2) is 0 Å². The molecule has 0 unspecified atom stereocenters. The summed E-state index contributed by atoms with van der Waals surface area (Å²) < 4.78 is 0.960. The molecule has 0 saturated heterocycles. The van der Waals surface area contributed by atoms with Crippen molar-refractivity contribution in [3.8, 4) is 28.3 Å². The van der Waals surface area contributed by atoms with Crippen LogP contribution in [0.2, 0.25) is 0 Å². The lowest BCUT2D eigenvalue weighted by molar-refractivity contribution is -0.384. The minimum absolute atomic E-state index is 0.118. The summed E-state index contributed by atoms with van der Waals surface area (Å²) >= 11 is 3.45. The number of benzene rings is 3. The average molecular weight is 504 g/mol. The number of hydrogen-bond donors (Lipinski definition) is 1. The molecular weight excluding hydrogens is 486 g/mol. The Morgan fingerprint density at radius 2 is 1.61 bits per heavy atom. The highest BCUT2D eigenvalue weighted by molar-refractivity contribution is 9.10. The molecule has 0 aliphatic heterocycles. The number of nitro benzene ring substituents is 1. The molecule has 4 aromatic rings. The Hall–Kier alpha value is -4.11. The fourth-order valence-corrected chi connectivity index (χ4v) is 3.33. The number of halogens is 1. The second-order valence-corrected chi connectivity index (χ2v) is 8.00. The third kappa shape index (κ3) is 5.21. The van der Waals surface area contributed by atoms with Gasteiger partial charge in [0, 0.05) is 40.3 Å². The van der Waals surface area contributed by atoms with Gasteiger partial charge in [-0.05, 0) is 24.3 Å². The van der Waals surface area contributed by atoms with Crippen molar-refractivity contribution in [2.24, 2.45) is 5.10 Å². The molecule has 1 heterocycles. The van der Waals surface area contributed by atoms with Crippen LogP contribution in [0.15, 0.2) is 88.4 Å². The van der Waals surface area contributed by atoms with E-state index in [1.54, 1.807) is 7.05 Å². The van der Waals surface area contributed by atoms with Gasteiger partial charge in [-0.3, -0.25) is 10.1 Å². The molecule has 0 bridgehead atoms. The van der Waals surface area contributed by atoms with E-state index in [4.69, 9.17) is 0 Å². The van der Waals surface area contributed by atoms with Crippen LogP contribution in [-0.4, -0.2) is 33.3 Å². The van der Waals surface area contributed by atoms with Crippen molar-refractivity contribution in [2.45, 2.75) is 0 Å². The fraction of sp³-hybridized carbons (Fsp3) is 0.0417. The van der Waals surface area contributed by atoms with Crippen LogP contribution in [0.4, 0.5) is 11.6 Å². The van der Waals surface area contributed by atoms with E-state index in [2.05, 4.69) is 31.0 Å². The monoisotopic (exact) mass is 503 g/mol. The minimum atomic E-state index is -0.530. The summed E-state index contributed by atoms with van der Waals surface area (Å²) in [6.07, 6.45) is 1.33. The van der Waals surface area contributed by atoms with Gasteiger partial charge in [-0.25, -0.2) is 15.0 Å². The van der Waals surface area contributed by atoms with Crippen molar-refractivity contribution in [2.75, 3.05) is 12.1 Å². The highest BCUT2D eigenvalue weighted by atomic mass is 79.9. The van der Waals surface area contributed by atoms with E-state index >= 15 is 0 Å². The van der Waals surface area contributed by atoms with Crippen LogP contribution in [-0.2, 0) is 0 Å². The Bertz CT molecular complexity index is 1330. The van der Waals surface area contributed by atoms with Crippen LogP contribution in [0.5, 0.6) is 5.75 Å². The van der Waals surface area contributed by atoms with Gasteiger partial charge in [0.1, 0.15) is 5.75 Å². The van der Waals surface area contributed by atoms with Crippen LogP contribution in [0.25, 0.3) is 22.5 Å². The molecule has 164 valence electrons. The summed E-state index contributed by atoms with van der Waals surface area (Å²) in [6, 6.07) is 23.2. The molecule has 33 heavy (non-hydrogen) atoms. The van der Waals surface area contributed by atoms with Gasteiger partial charge < -0.3 is 5.11 Å². The number of anilines is 1. The Kier molecular flexibility index (Phi) is 6.41. The van der Waals surface area contributed by atoms with Crippen molar-refractivity contribution in [1.29, 1.82) is 0 Å². The lowest BCUT2D eigenvalue weighted by atomic mass is 10.1. The van der Waals surface area contributed by atoms with Crippen molar-refractivity contribution in [3.63, 3.8) is 0 Å². The highest BCUT2D eigenvalue weighted by Crippen LogP contribution is 2.27. The highest BCUT2D eigenvalue weighted by Gasteiger charge is 2.13. The third-order valence-corrected chi connectivity index (χ3v) is 5.33. The smallest absolute Gasteiger partial charge is 0.270 e. The van der Waals surface area contributed by atoms with Gasteiger partial charge in [0.2, 0.25) is 5.95 Å². The molecule has 1 aromatic heterocycles. The van der Waals surface area contributed by atoms with Gasteiger partial charge in [0.25, 0.3) is 5.69 Å². The average Bonchev–Trinajstić information content (AvgIpc) is 2.84. The lowest BCUT2D eigenvalue weighted by Gasteiger charge is -2.14. The van der Waals surface area contributed by atoms with Gasteiger partial charge in [-0.2, -0.15) is 5.10 Å². The summed E-state index contributed by atoms with van der Waals surface area (Å²) in [4.78, 5) is 19.8. The van der Waals surface area contributed by atoms with E-state index < -0.39 is 4.92 Å². The second kappa shape index (κ2) is 9.58. The molecule has 0 aliphatic carbocycles. The first-order valence-electron chi connectivity index (χ1n) is 9.86. The largest absolute Gasteiger partial charge is 0.507 e. The molecule has 3 aromatic carbocycles. The van der Waals surface area contributed by atoms with E-state index in [-0.39, 0.29) is 17.0 Å². The maximum atomic E-state index is 11.0. The van der Waals surface area contributed by atoms with E-state index in [1.165, 1.54) is 29.4 Å². The van der Waals surface area contributed by atoms with Crippen LogP contribution in [0.3, 0.4) is 0 Å². The predicted molar refractivity (Wildman–Crippen MR) is 131 cm³/mol. The number of phenols is 1. The maximum absolute atomic E-state index is 11.0. The molecule has 4 rings (SSSR count). The Balaban J connectivity index is 1.74. The number of hydrogen-bond acceptors (Lipinski definition) is 7. The van der Waals surface area contributed by atoms with Crippen molar-refractivity contribution < 1.29 is 10.0 Å². The molecule has 0 amide bonds. The number of phenolic OH excluding ortho intramolecular Hbond substituents is 1. The number of nitrogens with zero attached hydrogens (tertiary/aromatic N) is 5. The van der Waals surface area contributed by atoms with Gasteiger partial charge in [-0.1, -0.05) is 58.4 Å². The quantitative estimate of drug-likeness (QED) is 0.207. The molecule has 0 spiro atoms. The summed E-state index contributed by atoms with van der Waals surface area (Å²) in [7, 11) is 1.67. The second-order valence-electron chi connectivity index (χ2n) is 7.08. The molecule has 0 fully saturated rings. The molecule has 0 radical (unpaired) electrons. The topological polar surface area (TPSA) is 105 Å². The van der Waals surface area contributed by atoms with Crippen molar-refractivity contribution in [3.05, 3.63) is 99.0 Å². The predicted octanol–water partition coefficient (Wildman–Crippen LogP) is 5.66. The van der Waals surface area contributed by atoms with Gasteiger partial charge >= 0.3 is 0 Å². The van der Waals surface area contributed by atoms with E-state index in [0.717, 1.165) is 21.3 Å². The Labute approximate surface area is 198 Å². The van der Waals surface area contributed by atoms with Crippen LogP contribution in [0, 0.1) is 10.1 Å². The summed E-state index contributed by atoms with van der Waals surface area (Å²) in [5.74, 6) is 0.211. The molecule has 0 saturated carbocycles. The van der Waals surface area contributed by atoms with E-state index in [1.807, 2.05) is 60.7 Å². The van der Waals surface area contributed by atoms with Crippen LogP contribution >= 0.6 is 15.9 Å². The molecule has 0 aliphatic rings. The lowest BCUT2D eigenvalue weighted by Crippen LogP contribution is -2.13. The first kappa shape index (κ1) is 22.1. The zero-order valence-electron chi connectivity index (χ0n) is 17.5. The SMILES string of the molecule is CN(/N=C\c1cc([N+](=O)[O-])ccc1O)c1nc(-c2ccccc2)cc(-c2ccc(Br)cc2)n1. The molecule has 1 N–H and O–H groups in total.